The van der Waals surface area contributed by atoms with E-state index in [4.69, 9.17) is 0 Å². The van der Waals surface area contributed by atoms with Crippen LogP contribution in [-0.4, -0.2) is 9.13 Å². The molecule has 0 fully saturated rings. The average molecular weight is 693 g/mol. The molecular formula is C48H28N4S. The summed E-state index contributed by atoms with van der Waals surface area (Å²) in [5.41, 5.74) is 14.5. The third kappa shape index (κ3) is 3.50. The van der Waals surface area contributed by atoms with Gasteiger partial charge in [-0.2, -0.15) is 0 Å². The average Bonchev–Trinajstić information content (AvgIpc) is 3.87. The molecule has 0 bridgehead atoms. The Labute approximate surface area is 308 Å². The maximum atomic E-state index is 2.45. The fourth-order valence-electron chi connectivity index (χ4n) is 9.40. The summed E-state index contributed by atoms with van der Waals surface area (Å²) in [5.74, 6) is 0. The molecule has 8 aromatic carbocycles. The summed E-state index contributed by atoms with van der Waals surface area (Å²) in [4.78, 5) is 4.91. The molecule has 2 aliphatic rings. The fraction of sp³-hybridized carbons (Fsp3) is 0. The van der Waals surface area contributed by atoms with E-state index in [9.17, 15) is 0 Å². The van der Waals surface area contributed by atoms with E-state index in [0.717, 1.165) is 0 Å². The molecule has 0 saturated carbocycles. The molecule has 5 heteroatoms. The number of anilines is 6. The van der Waals surface area contributed by atoms with Gasteiger partial charge >= 0.3 is 0 Å². The molecule has 0 N–H and O–H groups in total. The molecule has 4 nitrogen and oxygen atoms in total. The van der Waals surface area contributed by atoms with Crippen LogP contribution in [0.15, 0.2) is 170 Å². The van der Waals surface area contributed by atoms with Crippen LogP contribution in [0.1, 0.15) is 0 Å². The number of rotatable bonds is 2. The van der Waals surface area contributed by atoms with E-state index in [-0.39, 0.29) is 0 Å². The van der Waals surface area contributed by atoms with Crippen LogP contribution >= 0.6 is 11.3 Å². The van der Waals surface area contributed by atoms with Gasteiger partial charge in [-0.25, -0.2) is 0 Å². The van der Waals surface area contributed by atoms with Crippen LogP contribution in [0.4, 0.5) is 34.1 Å². The minimum Gasteiger partial charge on any atom is -0.306 e. The molecule has 5 heterocycles. The molecule has 13 rings (SSSR count). The molecule has 0 radical (unpaired) electrons. The highest BCUT2D eigenvalue weighted by Gasteiger charge is 2.30. The Bertz CT molecular complexity index is 3160. The smallest absolute Gasteiger partial charge is 0.0783 e. The van der Waals surface area contributed by atoms with E-state index < -0.39 is 0 Å². The van der Waals surface area contributed by atoms with E-state index >= 15 is 0 Å². The second kappa shape index (κ2) is 9.94. The Balaban J connectivity index is 0.999. The number of hydrogen-bond acceptors (Lipinski definition) is 3. The number of thiophene rings is 1. The van der Waals surface area contributed by atoms with E-state index in [0.29, 0.717) is 0 Å². The highest BCUT2D eigenvalue weighted by molar-refractivity contribution is 7.25. The van der Waals surface area contributed by atoms with Crippen molar-refractivity contribution in [1.29, 1.82) is 0 Å². The predicted molar refractivity (Wildman–Crippen MR) is 224 cm³/mol. The molecule has 3 aromatic heterocycles. The van der Waals surface area contributed by atoms with Gasteiger partial charge in [-0.15, -0.1) is 11.3 Å². The van der Waals surface area contributed by atoms with Gasteiger partial charge in [0.2, 0.25) is 0 Å². The second-order valence-electron chi connectivity index (χ2n) is 14.2. The van der Waals surface area contributed by atoms with Crippen molar-refractivity contribution in [3.05, 3.63) is 170 Å². The third-order valence-corrected chi connectivity index (χ3v) is 12.6. The van der Waals surface area contributed by atoms with Gasteiger partial charge in [0, 0.05) is 53.1 Å². The van der Waals surface area contributed by atoms with Crippen molar-refractivity contribution in [3.63, 3.8) is 0 Å². The van der Waals surface area contributed by atoms with Crippen molar-refractivity contribution in [2.75, 3.05) is 9.80 Å². The molecule has 2 aliphatic heterocycles. The van der Waals surface area contributed by atoms with Crippen LogP contribution in [0.5, 0.6) is 0 Å². The first-order chi connectivity index (χ1) is 26.3. The third-order valence-electron chi connectivity index (χ3n) is 11.5. The van der Waals surface area contributed by atoms with E-state index in [2.05, 4.69) is 189 Å². The number of para-hydroxylation sites is 8. The standard InChI is InChI=1S/C48H28N4S/c1-3-15-37-31(11-1)35-13-9-21-43-47(35)51(37)41-19-7-5-17-39(41)49(43)29-23-25-33-34-26-24-30(28-46(34)53-45(33)27-29)50-40-18-6-8-20-42(40)52-38-16-4-2-12-32(38)36-14-10-22-44(50)48(36)52/h1-28H. The predicted octanol–water partition coefficient (Wildman–Crippen LogP) is 13.8. The highest BCUT2D eigenvalue weighted by atomic mass is 32.1. The molecule has 0 aliphatic carbocycles. The summed E-state index contributed by atoms with van der Waals surface area (Å²) in [6, 6.07) is 62.7. The van der Waals surface area contributed by atoms with E-state index in [1.165, 1.54) is 109 Å². The van der Waals surface area contributed by atoms with Gasteiger partial charge < -0.3 is 18.9 Å². The van der Waals surface area contributed by atoms with Crippen molar-refractivity contribution in [3.8, 4) is 11.4 Å². The Hall–Kier alpha value is -6.82. The van der Waals surface area contributed by atoms with Crippen LogP contribution in [0.2, 0.25) is 0 Å². The molecule has 0 saturated heterocycles. The van der Waals surface area contributed by atoms with Crippen LogP contribution < -0.4 is 9.80 Å². The van der Waals surface area contributed by atoms with Gasteiger partial charge in [-0.05, 0) is 72.8 Å². The molecule has 0 amide bonds. The SMILES string of the molecule is c1ccc2c(c1)N(c1ccc3c(c1)sc1cc(N4c5ccccc5-n5c6ccccc6c6cccc4c65)ccc13)c1cccc3c4ccccc4n-2c13. The largest absolute Gasteiger partial charge is 0.306 e. The Morgan fingerprint density at radius 2 is 0.698 bits per heavy atom. The van der Waals surface area contributed by atoms with Crippen LogP contribution in [-0.2, 0) is 0 Å². The van der Waals surface area contributed by atoms with Gasteiger partial charge in [0.1, 0.15) is 0 Å². The molecular weight excluding hydrogens is 665 g/mol. The second-order valence-corrected chi connectivity index (χ2v) is 15.2. The molecule has 53 heavy (non-hydrogen) atoms. The number of hydrogen-bond donors (Lipinski definition) is 0. The van der Waals surface area contributed by atoms with E-state index in [1.54, 1.807) is 0 Å². The van der Waals surface area contributed by atoms with Crippen LogP contribution in [0.3, 0.4) is 0 Å². The summed E-state index contributed by atoms with van der Waals surface area (Å²) < 4.78 is 7.46. The maximum Gasteiger partial charge on any atom is 0.0783 e. The minimum atomic E-state index is 1.17. The zero-order chi connectivity index (χ0) is 34.4. The first-order valence-electron chi connectivity index (χ1n) is 18.1. The van der Waals surface area contributed by atoms with E-state index in [1.807, 2.05) is 11.3 Å². The van der Waals surface area contributed by atoms with Gasteiger partial charge in [0.15, 0.2) is 0 Å². The normalized spacial score (nSPS) is 13.2. The zero-order valence-corrected chi connectivity index (χ0v) is 29.2. The topological polar surface area (TPSA) is 16.3 Å². The Morgan fingerprint density at radius 1 is 0.302 bits per heavy atom. The van der Waals surface area contributed by atoms with Gasteiger partial charge in [-0.1, -0.05) is 97.1 Å². The quantitative estimate of drug-likeness (QED) is 0.179. The minimum absolute atomic E-state index is 1.17. The fourth-order valence-corrected chi connectivity index (χ4v) is 10.6. The molecule has 0 atom stereocenters. The number of benzene rings is 8. The molecule has 11 aromatic rings. The van der Waals surface area contributed by atoms with Crippen molar-refractivity contribution in [1.82, 2.24) is 9.13 Å². The van der Waals surface area contributed by atoms with Gasteiger partial charge in [-0.3, -0.25) is 0 Å². The Morgan fingerprint density at radius 3 is 1.19 bits per heavy atom. The molecule has 0 spiro atoms. The zero-order valence-electron chi connectivity index (χ0n) is 28.4. The first-order valence-corrected chi connectivity index (χ1v) is 18.9. The van der Waals surface area contributed by atoms with Crippen LogP contribution in [0.25, 0.3) is 75.2 Å². The van der Waals surface area contributed by atoms with Crippen molar-refractivity contribution in [2.45, 2.75) is 0 Å². The van der Waals surface area contributed by atoms with Gasteiger partial charge in [0.05, 0.1) is 56.2 Å². The summed E-state index contributed by atoms with van der Waals surface area (Å²) in [5, 5.41) is 7.71. The van der Waals surface area contributed by atoms with Crippen molar-refractivity contribution in [2.24, 2.45) is 0 Å². The van der Waals surface area contributed by atoms with Gasteiger partial charge in [0.25, 0.3) is 0 Å². The number of aromatic nitrogens is 2. The van der Waals surface area contributed by atoms with Crippen molar-refractivity contribution < 1.29 is 0 Å². The monoisotopic (exact) mass is 692 g/mol. The first kappa shape index (κ1) is 27.8. The maximum absolute atomic E-state index is 2.45. The van der Waals surface area contributed by atoms with Crippen LogP contribution in [0, 0.1) is 0 Å². The summed E-state index contributed by atoms with van der Waals surface area (Å²) in [6.07, 6.45) is 0. The molecule has 0 unspecified atom stereocenters. The lowest BCUT2D eigenvalue weighted by Gasteiger charge is -2.33. The lowest BCUT2D eigenvalue weighted by atomic mass is 10.1. The number of fused-ring (bicyclic) bond motifs is 13. The van der Waals surface area contributed by atoms with Crippen molar-refractivity contribution >= 4 is 109 Å². The Kier molecular flexibility index (Phi) is 5.22. The number of nitrogens with zero attached hydrogens (tertiary/aromatic N) is 4. The lowest BCUT2D eigenvalue weighted by Crippen LogP contribution is -2.17. The summed E-state index contributed by atoms with van der Waals surface area (Å²) in [6.45, 7) is 0. The molecule has 246 valence electrons. The summed E-state index contributed by atoms with van der Waals surface area (Å²) >= 11 is 1.88. The lowest BCUT2D eigenvalue weighted by molar-refractivity contribution is 1.11. The highest BCUT2D eigenvalue weighted by Crippen LogP contribution is 2.52. The summed E-state index contributed by atoms with van der Waals surface area (Å²) in [7, 11) is 0.